The van der Waals surface area contributed by atoms with Gasteiger partial charge in [-0.1, -0.05) is 109 Å². The van der Waals surface area contributed by atoms with Gasteiger partial charge in [-0.3, -0.25) is 9.59 Å². The van der Waals surface area contributed by atoms with Crippen molar-refractivity contribution < 1.29 is 9.59 Å². The van der Waals surface area contributed by atoms with E-state index in [1.807, 2.05) is 60.7 Å². The van der Waals surface area contributed by atoms with Crippen LogP contribution in [0.5, 0.6) is 0 Å². The zero-order valence-electron chi connectivity index (χ0n) is 20.3. The molecule has 1 fully saturated rings. The number of carbonyl (C=O) groups is 2. The molecule has 6 heteroatoms. The minimum atomic E-state index is -0.634. The number of halogens is 2. The number of carbonyl (C=O) groups excluding carboxylic acids is 2. The summed E-state index contributed by atoms with van der Waals surface area (Å²) in [5.74, 6) is -0.221. The van der Waals surface area contributed by atoms with Crippen LogP contribution in [0.3, 0.4) is 0 Å². The molecule has 0 radical (unpaired) electrons. The molecule has 3 aromatic rings. The number of amides is 2. The van der Waals surface area contributed by atoms with E-state index in [0.29, 0.717) is 23.0 Å². The van der Waals surface area contributed by atoms with Gasteiger partial charge in [0, 0.05) is 19.0 Å². The molecule has 0 spiro atoms. The van der Waals surface area contributed by atoms with E-state index in [9.17, 15) is 9.59 Å². The first-order valence-electron chi connectivity index (χ1n) is 12.6. The van der Waals surface area contributed by atoms with Crippen molar-refractivity contribution >= 4 is 35.0 Å². The van der Waals surface area contributed by atoms with E-state index < -0.39 is 6.04 Å². The first-order chi connectivity index (χ1) is 17.5. The maximum absolute atomic E-state index is 13.8. The fourth-order valence-corrected chi connectivity index (χ4v) is 5.12. The molecule has 1 N–H and O–H groups in total. The second kappa shape index (κ2) is 12.9. The number of nitrogens with one attached hydrogen (secondary N) is 1. The summed E-state index contributed by atoms with van der Waals surface area (Å²) in [7, 11) is 0. The predicted octanol–water partition coefficient (Wildman–Crippen LogP) is 6.62. The van der Waals surface area contributed by atoms with Crippen LogP contribution in [0, 0.1) is 0 Å². The van der Waals surface area contributed by atoms with Gasteiger partial charge in [-0.05, 0) is 41.7 Å². The SMILES string of the molecule is O=C(NC1CCCCC1)[C@H](Cc1ccccc1)N(Cc1ccccc1)C(=O)Cc1ccc(Cl)c(Cl)c1. The standard InChI is InChI=1S/C30H32Cl2N2O2/c31-26-17-16-24(18-27(26)32)20-29(35)34(21-23-12-6-2-7-13-23)28(19-22-10-4-1-5-11-22)30(36)33-25-14-8-3-9-15-25/h1-2,4-7,10-13,16-18,25,28H,3,8-9,14-15,19-21H2,(H,33,36)/t28-/m0/s1. The Balaban J connectivity index is 1.64. The molecule has 0 aliphatic heterocycles. The maximum atomic E-state index is 13.8. The van der Waals surface area contributed by atoms with Crippen LogP contribution in [0.4, 0.5) is 0 Å². The van der Waals surface area contributed by atoms with Crippen LogP contribution in [0.1, 0.15) is 48.8 Å². The second-order valence-electron chi connectivity index (χ2n) is 9.48. The molecular formula is C30H32Cl2N2O2. The summed E-state index contributed by atoms with van der Waals surface area (Å²) in [5, 5.41) is 4.13. The average molecular weight is 524 g/mol. The van der Waals surface area contributed by atoms with Gasteiger partial charge in [-0.15, -0.1) is 0 Å². The van der Waals surface area contributed by atoms with Gasteiger partial charge in [0.25, 0.3) is 0 Å². The van der Waals surface area contributed by atoms with Gasteiger partial charge in [0.15, 0.2) is 0 Å². The van der Waals surface area contributed by atoms with E-state index in [1.54, 1.807) is 23.1 Å². The monoisotopic (exact) mass is 522 g/mol. The van der Waals surface area contributed by atoms with Crippen molar-refractivity contribution in [3.63, 3.8) is 0 Å². The van der Waals surface area contributed by atoms with Crippen LogP contribution >= 0.6 is 23.2 Å². The molecule has 188 valence electrons. The van der Waals surface area contributed by atoms with Crippen LogP contribution in [0.2, 0.25) is 10.0 Å². The first-order valence-corrected chi connectivity index (χ1v) is 13.4. The summed E-state index contributed by atoms with van der Waals surface area (Å²) in [6, 6.07) is 24.5. The third-order valence-corrected chi connectivity index (χ3v) is 7.50. The third-order valence-electron chi connectivity index (χ3n) is 6.76. The normalized spacial score (nSPS) is 14.7. The molecule has 1 atom stereocenters. The fraction of sp³-hybridized carbons (Fsp3) is 0.333. The van der Waals surface area contributed by atoms with E-state index in [2.05, 4.69) is 5.32 Å². The quantitative estimate of drug-likeness (QED) is 0.343. The van der Waals surface area contributed by atoms with E-state index >= 15 is 0 Å². The van der Waals surface area contributed by atoms with Gasteiger partial charge in [-0.2, -0.15) is 0 Å². The summed E-state index contributed by atoms with van der Waals surface area (Å²) in [5.41, 5.74) is 2.75. The summed E-state index contributed by atoms with van der Waals surface area (Å²) >= 11 is 12.3. The lowest BCUT2D eigenvalue weighted by atomic mass is 9.94. The number of nitrogens with zero attached hydrogens (tertiary/aromatic N) is 1. The molecule has 0 bridgehead atoms. The minimum Gasteiger partial charge on any atom is -0.352 e. The Morgan fingerprint density at radius 1 is 0.806 bits per heavy atom. The highest BCUT2D eigenvalue weighted by Crippen LogP contribution is 2.24. The molecule has 36 heavy (non-hydrogen) atoms. The van der Waals surface area contributed by atoms with Crippen LogP contribution in [0.15, 0.2) is 78.9 Å². The Morgan fingerprint density at radius 3 is 2.08 bits per heavy atom. The average Bonchev–Trinajstić information content (AvgIpc) is 2.90. The van der Waals surface area contributed by atoms with Crippen LogP contribution in [0.25, 0.3) is 0 Å². The first kappa shape index (κ1) is 26.2. The Bertz CT molecular complexity index is 1150. The Kier molecular flexibility index (Phi) is 9.43. The molecule has 4 nitrogen and oxygen atoms in total. The van der Waals surface area contributed by atoms with Gasteiger partial charge < -0.3 is 10.2 Å². The third kappa shape index (κ3) is 7.35. The van der Waals surface area contributed by atoms with Crippen molar-refractivity contribution in [3.05, 3.63) is 106 Å². The van der Waals surface area contributed by atoms with Crippen molar-refractivity contribution in [3.8, 4) is 0 Å². The summed E-state index contributed by atoms with van der Waals surface area (Å²) in [6.45, 7) is 0.344. The number of rotatable bonds is 9. The summed E-state index contributed by atoms with van der Waals surface area (Å²) in [4.78, 5) is 29.3. The minimum absolute atomic E-state index is 0.0934. The molecule has 1 aliphatic rings. The Labute approximate surface area is 223 Å². The van der Waals surface area contributed by atoms with Gasteiger partial charge in [0.05, 0.1) is 16.5 Å². The van der Waals surface area contributed by atoms with E-state index in [-0.39, 0.29) is 24.3 Å². The highest BCUT2D eigenvalue weighted by atomic mass is 35.5. The molecule has 2 amide bonds. The Morgan fingerprint density at radius 2 is 1.44 bits per heavy atom. The number of hydrogen-bond acceptors (Lipinski definition) is 2. The van der Waals surface area contributed by atoms with Crippen molar-refractivity contribution in [2.45, 2.75) is 63.6 Å². The lowest BCUT2D eigenvalue weighted by Gasteiger charge is -2.33. The van der Waals surface area contributed by atoms with E-state index in [4.69, 9.17) is 23.2 Å². The highest BCUT2D eigenvalue weighted by molar-refractivity contribution is 6.42. The van der Waals surface area contributed by atoms with E-state index in [1.165, 1.54) is 6.42 Å². The molecule has 3 aromatic carbocycles. The molecule has 0 saturated heterocycles. The largest absolute Gasteiger partial charge is 0.352 e. The smallest absolute Gasteiger partial charge is 0.243 e. The predicted molar refractivity (Wildman–Crippen MR) is 146 cm³/mol. The van der Waals surface area contributed by atoms with Crippen molar-refractivity contribution in [1.82, 2.24) is 10.2 Å². The molecular weight excluding hydrogens is 491 g/mol. The Hall–Kier alpha value is -2.82. The summed E-state index contributed by atoms with van der Waals surface area (Å²) in [6.07, 6.45) is 6.00. The van der Waals surface area contributed by atoms with Crippen LogP contribution in [-0.4, -0.2) is 28.8 Å². The lowest BCUT2D eigenvalue weighted by molar-refractivity contribution is -0.141. The zero-order chi connectivity index (χ0) is 25.3. The van der Waals surface area contributed by atoms with Gasteiger partial charge in [0.1, 0.15) is 6.04 Å². The molecule has 1 aliphatic carbocycles. The fourth-order valence-electron chi connectivity index (χ4n) is 4.80. The lowest BCUT2D eigenvalue weighted by Crippen LogP contribution is -2.53. The van der Waals surface area contributed by atoms with Crippen molar-refractivity contribution in [1.29, 1.82) is 0 Å². The molecule has 1 saturated carbocycles. The van der Waals surface area contributed by atoms with Crippen LogP contribution < -0.4 is 5.32 Å². The number of hydrogen-bond donors (Lipinski definition) is 1. The number of benzene rings is 3. The van der Waals surface area contributed by atoms with Gasteiger partial charge in [0.2, 0.25) is 11.8 Å². The molecule has 0 heterocycles. The second-order valence-corrected chi connectivity index (χ2v) is 10.3. The van der Waals surface area contributed by atoms with Crippen molar-refractivity contribution in [2.24, 2.45) is 0 Å². The maximum Gasteiger partial charge on any atom is 0.243 e. The van der Waals surface area contributed by atoms with Crippen molar-refractivity contribution in [2.75, 3.05) is 0 Å². The molecule has 0 aromatic heterocycles. The summed E-state index contributed by atoms with van der Waals surface area (Å²) < 4.78 is 0. The van der Waals surface area contributed by atoms with E-state index in [0.717, 1.165) is 42.4 Å². The van der Waals surface area contributed by atoms with Crippen LogP contribution in [-0.2, 0) is 29.0 Å². The van der Waals surface area contributed by atoms with Gasteiger partial charge in [-0.25, -0.2) is 0 Å². The van der Waals surface area contributed by atoms with Gasteiger partial charge >= 0.3 is 0 Å². The zero-order valence-corrected chi connectivity index (χ0v) is 21.8. The molecule has 0 unspecified atom stereocenters. The molecule has 4 rings (SSSR count). The topological polar surface area (TPSA) is 49.4 Å². The highest BCUT2D eigenvalue weighted by Gasteiger charge is 2.32.